The van der Waals surface area contributed by atoms with Crippen LogP contribution in [0.4, 0.5) is 0 Å². The second kappa shape index (κ2) is 9.50. The number of rotatable bonds is 6. The molecule has 0 aromatic heterocycles. The van der Waals surface area contributed by atoms with Crippen molar-refractivity contribution in [1.82, 2.24) is 4.90 Å². The standard InChI is InChI=1S/C25H30N2O9S/c1-4-8-37(36)9-11-10-6-5-7-12(28)13(10)19(29)15-14(11)20(30)17-18(27(2)3)21(31)16(24(26)34)23(33)25(17,35)22(15)32/h5-7,11,14-18,20,28,30,35H,4,8-9H2,1-3H3,(H2,26,34)/t11-,14+,15?,16?,17+,18-,20-,25-,37?/m1/s1. The lowest BCUT2D eigenvalue weighted by atomic mass is 9.49. The van der Waals surface area contributed by atoms with Gasteiger partial charge >= 0.3 is 0 Å². The lowest BCUT2D eigenvalue weighted by Gasteiger charge is -2.56. The molecule has 0 radical (unpaired) electrons. The number of Topliss-reactive ketones (excluding diaryl/α,β-unsaturated/α-hetero) is 4. The van der Waals surface area contributed by atoms with Crippen LogP contribution in [0.1, 0.15) is 35.2 Å². The molecule has 1 aromatic rings. The second-order valence-electron chi connectivity index (χ2n) is 10.2. The summed E-state index contributed by atoms with van der Waals surface area (Å²) >= 11 is 0. The van der Waals surface area contributed by atoms with Crippen molar-refractivity contribution < 1.29 is 43.5 Å². The highest BCUT2D eigenvalue weighted by atomic mass is 32.2. The van der Waals surface area contributed by atoms with Gasteiger partial charge in [-0.2, -0.15) is 0 Å². The van der Waals surface area contributed by atoms with Crippen LogP contribution in [0, 0.1) is 23.7 Å². The Kier molecular flexibility index (Phi) is 6.99. The Labute approximate surface area is 215 Å². The number of aromatic hydroxyl groups is 1. The molecule has 12 heteroatoms. The summed E-state index contributed by atoms with van der Waals surface area (Å²) in [6.07, 6.45) is -1.17. The van der Waals surface area contributed by atoms with Gasteiger partial charge in [-0.3, -0.25) is 33.1 Å². The molecule has 2 saturated carbocycles. The highest BCUT2D eigenvalue weighted by molar-refractivity contribution is 7.85. The van der Waals surface area contributed by atoms with E-state index in [1.165, 1.54) is 31.1 Å². The molecule has 200 valence electrons. The number of carbonyl (C=O) groups excluding carboxylic acids is 5. The van der Waals surface area contributed by atoms with E-state index >= 15 is 0 Å². The number of ketones is 4. The summed E-state index contributed by atoms with van der Waals surface area (Å²) in [6.45, 7) is 1.83. The molecule has 0 aliphatic heterocycles. The van der Waals surface area contributed by atoms with Crippen molar-refractivity contribution in [2.24, 2.45) is 29.4 Å². The van der Waals surface area contributed by atoms with Crippen LogP contribution < -0.4 is 5.73 Å². The summed E-state index contributed by atoms with van der Waals surface area (Å²) in [5, 5.41) is 33.9. The molecule has 3 unspecified atom stereocenters. The van der Waals surface area contributed by atoms with E-state index in [1.807, 2.05) is 6.92 Å². The summed E-state index contributed by atoms with van der Waals surface area (Å²) in [4.78, 5) is 67.6. The Morgan fingerprint density at radius 3 is 2.38 bits per heavy atom. The Morgan fingerprint density at radius 2 is 1.81 bits per heavy atom. The van der Waals surface area contributed by atoms with Crippen molar-refractivity contribution in [2.75, 3.05) is 25.6 Å². The van der Waals surface area contributed by atoms with E-state index in [-0.39, 0.29) is 16.9 Å². The van der Waals surface area contributed by atoms with E-state index in [9.17, 15) is 43.5 Å². The molecule has 1 amide bonds. The molecule has 3 aliphatic carbocycles. The fourth-order valence-electron chi connectivity index (χ4n) is 6.48. The zero-order valence-corrected chi connectivity index (χ0v) is 21.4. The molecular weight excluding hydrogens is 504 g/mol. The SMILES string of the molecule is CCCS(=O)C[C@@H]1c2cccc(O)c2C(=O)C2C(=O)[C@@]3(O)C(=O)C(C(N)=O)C(=O)[C@H](N(C)C)[C@H]3[C@H](O)[C@H]21. The lowest BCUT2D eigenvalue weighted by molar-refractivity contribution is -0.196. The number of benzene rings is 1. The van der Waals surface area contributed by atoms with E-state index in [0.29, 0.717) is 12.2 Å². The van der Waals surface area contributed by atoms with Crippen LogP contribution in [0.5, 0.6) is 5.75 Å². The Bertz CT molecular complexity index is 1230. The molecule has 11 nitrogen and oxygen atoms in total. The monoisotopic (exact) mass is 534 g/mol. The third-order valence-corrected chi connectivity index (χ3v) is 9.54. The number of aliphatic hydroxyl groups is 2. The number of phenols is 1. The van der Waals surface area contributed by atoms with Crippen LogP contribution in [0.15, 0.2) is 18.2 Å². The van der Waals surface area contributed by atoms with Crippen LogP contribution in [-0.4, -0.2) is 96.8 Å². The third kappa shape index (κ3) is 3.80. The Balaban J connectivity index is 1.97. The topological polar surface area (TPSA) is 192 Å². The number of phenolic OH excluding ortho intramolecular Hbond substituents is 1. The van der Waals surface area contributed by atoms with Crippen LogP contribution in [-0.2, 0) is 30.0 Å². The van der Waals surface area contributed by atoms with E-state index in [0.717, 1.165) is 0 Å². The minimum Gasteiger partial charge on any atom is -0.507 e. The van der Waals surface area contributed by atoms with Gasteiger partial charge < -0.3 is 21.1 Å². The van der Waals surface area contributed by atoms with E-state index in [1.54, 1.807) is 6.07 Å². The van der Waals surface area contributed by atoms with E-state index in [2.05, 4.69) is 0 Å². The number of carbonyl (C=O) groups is 5. The van der Waals surface area contributed by atoms with Gasteiger partial charge in [0.1, 0.15) is 5.75 Å². The molecule has 0 heterocycles. The first-order chi connectivity index (χ1) is 17.3. The number of nitrogens with zero attached hydrogens (tertiary/aromatic N) is 1. The zero-order valence-electron chi connectivity index (χ0n) is 20.6. The number of primary amides is 1. The fourth-order valence-corrected chi connectivity index (χ4v) is 7.90. The highest BCUT2D eigenvalue weighted by Gasteiger charge is 2.73. The minimum absolute atomic E-state index is 0.0628. The maximum atomic E-state index is 14.0. The summed E-state index contributed by atoms with van der Waals surface area (Å²) in [5.41, 5.74) is 2.32. The van der Waals surface area contributed by atoms with Gasteiger partial charge in [0.25, 0.3) is 0 Å². The number of nitrogens with two attached hydrogens (primary N) is 1. The average Bonchev–Trinajstić information content (AvgIpc) is 2.80. The van der Waals surface area contributed by atoms with E-state index in [4.69, 9.17) is 5.73 Å². The molecule has 1 aromatic carbocycles. The smallest absolute Gasteiger partial charge is 0.235 e. The van der Waals surface area contributed by atoms with Crippen molar-refractivity contribution in [3.05, 3.63) is 29.3 Å². The second-order valence-corrected chi connectivity index (χ2v) is 11.9. The van der Waals surface area contributed by atoms with Gasteiger partial charge in [-0.15, -0.1) is 0 Å². The van der Waals surface area contributed by atoms with Gasteiger partial charge in [0.2, 0.25) is 5.91 Å². The first kappa shape index (κ1) is 27.2. The molecular formula is C25H30N2O9S. The molecule has 9 atom stereocenters. The fraction of sp³-hybridized carbons (Fsp3) is 0.560. The maximum Gasteiger partial charge on any atom is 0.235 e. The van der Waals surface area contributed by atoms with Gasteiger partial charge in [0, 0.05) is 34.1 Å². The first-order valence-corrected chi connectivity index (χ1v) is 13.5. The molecule has 3 aliphatic rings. The molecule has 0 bridgehead atoms. The first-order valence-electron chi connectivity index (χ1n) is 12.0. The number of amides is 1. The summed E-state index contributed by atoms with van der Waals surface area (Å²) in [5.74, 6) is -13.9. The largest absolute Gasteiger partial charge is 0.507 e. The number of likely N-dealkylation sites (N-methyl/N-ethyl adjacent to an activating group) is 1. The third-order valence-electron chi connectivity index (χ3n) is 7.95. The van der Waals surface area contributed by atoms with Crippen LogP contribution in [0.2, 0.25) is 0 Å². The summed E-state index contributed by atoms with van der Waals surface area (Å²) in [7, 11) is 1.42. The van der Waals surface area contributed by atoms with Gasteiger partial charge in [-0.25, -0.2) is 0 Å². The minimum atomic E-state index is -3.06. The maximum absolute atomic E-state index is 14.0. The number of fused-ring (bicyclic) bond motifs is 3. The average molecular weight is 535 g/mol. The molecule has 37 heavy (non-hydrogen) atoms. The Hall–Kier alpha value is -2.80. The number of hydrogen-bond donors (Lipinski definition) is 4. The van der Waals surface area contributed by atoms with Crippen LogP contribution in [0.3, 0.4) is 0 Å². The molecule has 0 spiro atoms. The van der Waals surface area contributed by atoms with Crippen molar-refractivity contribution in [3.63, 3.8) is 0 Å². The van der Waals surface area contributed by atoms with E-state index < -0.39 is 92.9 Å². The highest BCUT2D eigenvalue weighted by Crippen LogP contribution is 2.54. The molecule has 0 saturated heterocycles. The lowest BCUT2D eigenvalue weighted by Crippen LogP contribution is -2.77. The molecule has 4 rings (SSSR count). The van der Waals surface area contributed by atoms with Gasteiger partial charge in [0.15, 0.2) is 34.7 Å². The van der Waals surface area contributed by atoms with Crippen molar-refractivity contribution in [3.8, 4) is 5.75 Å². The predicted octanol–water partition coefficient (Wildman–Crippen LogP) is -1.46. The van der Waals surface area contributed by atoms with Crippen LogP contribution >= 0.6 is 0 Å². The molecule has 5 N–H and O–H groups in total. The van der Waals surface area contributed by atoms with Crippen molar-refractivity contribution in [1.29, 1.82) is 0 Å². The quantitative estimate of drug-likeness (QED) is 0.313. The molecule has 2 fully saturated rings. The van der Waals surface area contributed by atoms with Crippen molar-refractivity contribution >= 4 is 39.8 Å². The number of aliphatic hydroxyl groups excluding tert-OH is 1. The zero-order chi connectivity index (χ0) is 27.6. The van der Waals surface area contributed by atoms with Crippen molar-refractivity contribution in [2.45, 2.75) is 37.0 Å². The summed E-state index contributed by atoms with van der Waals surface area (Å²) in [6, 6.07) is 2.81. The van der Waals surface area contributed by atoms with Gasteiger partial charge in [-0.1, -0.05) is 19.1 Å². The number of hydrogen-bond acceptors (Lipinski definition) is 10. The summed E-state index contributed by atoms with van der Waals surface area (Å²) < 4.78 is 12.9. The Morgan fingerprint density at radius 1 is 1.16 bits per heavy atom. The van der Waals surface area contributed by atoms with Gasteiger partial charge in [0.05, 0.1) is 29.5 Å². The van der Waals surface area contributed by atoms with Crippen LogP contribution in [0.25, 0.3) is 0 Å². The predicted molar refractivity (Wildman–Crippen MR) is 130 cm³/mol. The van der Waals surface area contributed by atoms with Gasteiger partial charge in [-0.05, 0) is 32.1 Å². The normalized spacial score (nSPS) is 36.1.